The van der Waals surface area contributed by atoms with E-state index < -0.39 is 0 Å². The molecular formula is C10H13NOS. The summed E-state index contributed by atoms with van der Waals surface area (Å²) in [6.07, 6.45) is 5.32. The molecule has 1 atom stereocenters. The Morgan fingerprint density at radius 1 is 1.62 bits per heavy atom. The van der Waals surface area contributed by atoms with Gasteiger partial charge in [-0.3, -0.25) is 4.79 Å². The number of carbonyl (C=O) groups excluding carboxylic acids is 1. The molecule has 1 aliphatic carbocycles. The van der Waals surface area contributed by atoms with E-state index in [2.05, 4.69) is 16.8 Å². The molecule has 0 aromatic carbocycles. The van der Waals surface area contributed by atoms with Gasteiger partial charge >= 0.3 is 0 Å². The second kappa shape index (κ2) is 3.92. The van der Waals surface area contributed by atoms with E-state index in [-0.39, 0.29) is 0 Å². The van der Waals surface area contributed by atoms with E-state index in [1.165, 1.54) is 23.3 Å². The molecule has 1 amide bonds. The number of rotatable bonds is 2. The summed E-state index contributed by atoms with van der Waals surface area (Å²) in [4.78, 5) is 11.8. The summed E-state index contributed by atoms with van der Waals surface area (Å²) in [5, 5.41) is 5.03. The van der Waals surface area contributed by atoms with Gasteiger partial charge in [0.05, 0.1) is 0 Å². The van der Waals surface area contributed by atoms with E-state index in [1.807, 2.05) is 11.3 Å². The lowest BCUT2D eigenvalue weighted by atomic mass is 10.1. The van der Waals surface area contributed by atoms with Crippen LogP contribution in [0.2, 0.25) is 0 Å². The molecule has 0 aliphatic heterocycles. The lowest BCUT2D eigenvalue weighted by molar-refractivity contribution is -0.110. The van der Waals surface area contributed by atoms with Crippen LogP contribution < -0.4 is 5.32 Å². The Bertz CT molecular complexity index is 295. The summed E-state index contributed by atoms with van der Waals surface area (Å²) >= 11 is 1.81. The monoisotopic (exact) mass is 195 g/mol. The zero-order valence-corrected chi connectivity index (χ0v) is 8.27. The number of hydrogen-bond donors (Lipinski definition) is 1. The number of amides is 1. The fourth-order valence-corrected chi connectivity index (χ4v) is 2.89. The van der Waals surface area contributed by atoms with Crippen molar-refractivity contribution in [3.63, 3.8) is 0 Å². The van der Waals surface area contributed by atoms with Gasteiger partial charge in [-0.1, -0.05) is 0 Å². The molecule has 1 aromatic rings. The van der Waals surface area contributed by atoms with Gasteiger partial charge in [-0.15, -0.1) is 11.3 Å². The SMILES string of the molecule is O=CNC1CCCc2ccsc2C1. The van der Waals surface area contributed by atoms with Crippen LogP contribution in [-0.2, 0) is 17.6 Å². The highest BCUT2D eigenvalue weighted by Gasteiger charge is 2.16. The maximum atomic E-state index is 10.3. The third kappa shape index (κ3) is 1.91. The van der Waals surface area contributed by atoms with Crippen LogP contribution in [0.4, 0.5) is 0 Å². The van der Waals surface area contributed by atoms with Crippen LogP contribution in [0, 0.1) is 0 Å². The molecule has 2 rings (SSSR count). The Labute approximate surface area is 82.0 Å². The minimum absolute atomic E-state index is 0.359. The van der Waals surface area contributed by atoms with Crippen molar-refractivity contribution in [2.45, 2.75) is 31.7 Å². The van der Waals surface area contributed by atoms with Crippen LogP contribution in [-0.4, -0.2) is 12.5 Å². The minimum Gasteiger partial charge on any atom is -0.356 e. The van der Waals surface area contributed by atoms with E-state index in [9.17, 15) is 4.79 Å². The second-order valence-corrected chi connectivity index (χ2v) is 4.45. The lowest BCUT2D eigenvalue weighted by Crippen LogP contribution is -2.28. The topological polar surface area (TPSA) is 29.1 Å². The largest absolute Gasteiger partial charge is 0.356 e. The van der Waals surface area contributed by atoms with Gasteiger partial charge in [-0.2, -0.15) is 0 Å². The Hall–Kier alpha value is -0.830. The molecule has 0 saturated carbocycles. The maximum Gasteiger partial charge on any atom is 0.207 e. The van der Waals surface area contributed by atoms with Crippen molar-refractivity contribution in [3.05, 3.63) is 21.9 Å². The van der Waals surface area contributed by atoms with Crippen LogP contribution in [0.1, 0.15) is 23.3 Å². The highest BCUT2D eigenvalue weighted by molar-refractivity contribution is 7.10. The third-order valence-electron chi connectivity index (χ3n) is 2.57. The van der Waals surface area contributed by atoms with Gasteiger partial charge in [0.25, 0.3) is 0 Å². The van der Waals surface area contributed by atoms with Crippen molar-refractivity contribution in [1.29, 1.82) is 0 Å². The van der Waals surface area contributed by atoms with Gasteiger partial charge in [0.2, 0.25) is 6.41 Å². The fourth-order valence-electron chi connectivity index (χ4n) is 1.87. The first-order chi connectivity index (χ1) is 6.40. The number of nitrogens with one attached hydrogen (secondary N) is 1. The molecule has 0 bridgehead atoms. The number of aryl methyl sites for hydroxylation is 1. The van der Waals surface area contributed by atoms with E-state index in [0.717, 1.165) is 19.3 Å². The summed E-state index contributed by atoms with van der Waals surface area (Å²) in [5.74, 6) is 0. The molecule has 2 nitrogen and oxygen atoms in total. The summed E-state index contributed by atoms with van der Waals surface area (Å²) < 4.78 is 0. The third-order valence-corrected chi connectivity index (χ3v) is 3.56. The molecule has 1 N–H and O–H groups in total. The van der Waals surface area contributed by atoms with Crippen molar-refractivity contribution in [2.24, 2.45) is 0 Å². The first-order valence-corrected chi connectivity index (χ1v) is 5.53. The maximum absolute atomic E-state index is 10.3. The van der Waals surface area contributed by atoms with Gasteiger partial charge in [0, 0.05) is 17.3 Å². The standard InChI is InChI=1S/C10H13NOS/c12-7-11-9-3-1-2-8-4-5-13-10(8)6-9/h4-5,7,9H,1-3,6H2,(H,11,12). The summed E-state index contributed by atoms with van der Waals surface area (Å²) in [6.45, 7) is 0. The van der Waals surface area contributed by atoms with Crippen molar-refractivity contribution < 1.29 is 4.79 Å². The van der Waals surface area contributed by atoms with Crippen molar-refractivity contribution >= 4 is 17.7 Å². The summed E-state index contributed by atoms with van der Waals surface area (Å²) in [5.41, 5.74) is 1.49. The van der Waals surface area contributed by atoms with Crippen LogP contribution in [0.15, 0.2) is 11.4 Å². The Morgan fingerprint density at radius 2 is 2.54 bits per heavy atom. The van der Waals surface area contributed by atoms with Crippen LogP contribution in [0.25, 0.3) is 0 Å². The molecule has 1 unspecified atom stereocenters. The highest BCUT2D eigenvalue weighted by Crippen LogP contribution is 2.25. The Balaban J connectivity index is 2.11. The summed E-state index contributed by atoms with van der Waals surface area (Å²) in [6, 6.07) is 2.57. The van der Waals surface area contributed by atoms with Crippen molar-refractivity contribution in [3.8, 4) is 0 Å². The Morgan fingerprint density at radius 3 is 3.38 bits per heavy atom. The molecule has 1 aliphatic rings. The molecule has 0 saturated heterocycles. The van der Waals surface area contributed by atoms with Crippen molar-refractivity contribution in [1.82, 2.24) is 5.32 Å². The van der Waals surface area contributed by atoms with Crippen LogP contribution in [0.3, 0.4) is 0 Å². The Kier molecular flexibility index (Phi) is 2.64. The summed E-state index contributed by atoms with van der Waals surface area (Å²) in [7, 11) is 0. The van der Waals surface area contributed by atoms with Gasteiger partial charge in [0.15, 0.2) is 0 Å². The van der Waals surface area contributed by atoms with Gasteiger partial charge in [-0.05, 0) is 36.3 Å². The molecule has 3 heteroatoms. The fraction of sp³-hybridized carbons (Fsp3) is 0.500. The lowest BCUT2D eigenvalue weighted by Gasteiger charge is -2.11. The zero-order valence-electron chi connectivity index (χ0n) is 7.45. The van der Waals surface area contributed by atoms with E-state index in [4.69, 9.17) is 0 Å². The van der Waals surface area contributed by atoms with Crippen LogP contribution in [0.5, 0.6) is 0 Å². The zero-order chi connectivity index (χ0) is 9.10. The van der Waals surface area contributed by atoms with Crippen molar-refractivity contribution in [2.75, 3.05) is 0 Å². The average Bonchev–Trinajstić information content (AvgIpc) is 2.46. The number of thiophene rings is 1. The van der Waals surface area contributed by atoms with Gasteiger partial charge < -0.3 is 5.32 Å². The quantitative estimate of drug-likeness (QED) is 0.565. The predicted molar refractivity (Wildman–Crippen MR) is 53.9 cm³/mol. The molecule has 1 aromatic heterocycles. The first-order valence-electron chi connectivity index (χ1n) is 4.65. The average molecular weight is 195 g/mol. The first kappa shape index (κ1) is 8.75. The molecule has 0 fully saturated rings. The number of fused-ring (bicyclic) bond motifs is 1. The minimum atomic E-state index is 0.359. The molecule has 70 valence electrons. The number of carbonyl (C=O) groups is 1. The molecule has 1 heterocycles. The van der Waals surface area contributed by atoms with E-state index >= 15 is 0 Å². The van der Waals surface area contributed by atoms with Gasteiger partial charge in [-0.25, -0.2) is 0 Å². The van der Waals surface area contributed by atoms with E-state index in [0.29, 0.717) is 6.04 Å². The number of hydrogen-bond acceptors (Lipinski definition) is 2. The smallest absolute Gasteiger partial charge is 0.207 e. The highest BCUT2D eigenvalue weighted by atomic mass is 32.1. The van der Waals surface area contributed by atoms with Crippen LogP contribution >= 0.6 is 11.3 Å². The molecular weight excluding hydrogens is 182 g/mol. The molecule has 0 radical (unpaired) electrons. The van der Waals surface area contributed by atoms with Gasteiger partial charge in [0.1, 0.15) is 0 Å². The second-order valence-electron chi connectivity index (χ2n) is 3.45. The predicted octanol–water partition coefficient (Wildman–Crippen LogP) is 1.74. The molecule has 13 heavy (non-hydrogen) atoms. The van der Waals surface area contributed by atoms with E-state index in [1.54, 1.807) is 0 Å². The molecule has 0 spiro atoms. The normalized spacial score (nSPS) is 21.7.